The third kappa shape index (κ3) is 4.78. The first-order valence-electron chi connectivity index (χ1n) is 14.9. The number of amides is 1. The van der Waals surface area contributed by atoms with Gasteiger partial charge in [-0.3, -0.25) is 4.79 Å². The van der Waals surface area contributed by atoms with Gasteiger partial charge in [0.2, 0.25) is 6.54 Å². The Morgan fingerprint density at radius 1 is 1.19 bits per heavy atom. The van der Waals surface area contributed by atoms with Gasteiger partial charge in [0.25, 0.3) is 5.91 Å². The van der Waals surface area contributed by atoms with Crippen LogP contribution in [0.25, 0.3) is 26.9 Å². The molecule has 9 heteroatoms. The standard InChI is InChI=1S/C33H35FN6O2/c1-20(34)32(41)40-13-12-39(18-25(40)17-35-2)31-27-10-9-21(26-8-4-6-22-14-23-15-28(23)30(22)26)16-29(27)36-33(37-31)42-19-24-7-5-11-38(24)3/h4,6,8-10,16,23-25,28H,1,5,7,11-15,17-19H2,3H3/t23?,24-,25-,28?/m0/s1. The van der Waals surface area contributed by atoms with Gasteiger partial charge in [-0.25, -0.2) is 11.0 Å². The van der Waals surface area contributed by atoms with Crippen LogP contribution in [0.4, 0.5) is 10.2 Å². The Labute approximate surface area is 245 Å². The summed E-state index contributed by atoms with van der Waals surface area (Å²) in [6, 6.07) is 13.2. The molecule has 8 nitrogen and oxygen atoms in total. The molecule has 0 bridgehead atoms. The van der Waals surface area contributed by atoms with Crippen LogP contribution in [0.5, 0.6) is 6.01 Å². The topological polar surface area (TPSA) is 66.2 Å². The van der Waals surface area contributed by atoms with Crippen molar-refractivity contribution in [2.75, 3.05) is 51.3 Å². The summed E-state index contributed by atoms with van der Waals surface area (Å²) >= 11 is 0. The van der Waals surface area contributed by atoms with Crippen molar-refractivity contribution in [3.05, 3.63) is 71.3 Å². The van der Waals surface area contributed by atoms with Gasteiger partial charge < -0.3 is 24.3 Å². The molecule has 2 unspecified atom stereocenters. The van der Waals surface area contributed by atoms with Gasteiger partial charge in [-0.05, 0) is 85.5 Å². The average Bonchev–Trinajstić information content (AvgIpc) is 3.47. The molecule has 1 aromatic heterocycles. The molecular formula is C33H35FN6O2. The number of fused-ring (bicyclic) bond motifs is 4. The molecule has 0 radical (unpaired) electrons. The Morgan fingerprint density at radius 2 is 2.07 bits per heavy atom. The van der Waals surface area contributed by atoms with Crippen LogP contribution < -0.4 is 9.64 Å². The number of benzene rings is 2. The van der Waals surface area contributed by atoms with Crippen LogP contribution in [0.15, 0.2) is 48.8 Å². The minimum atomic E-state index is -1.00. The van der Waals surface area contributed by atoms with E-state index in [0.29, 0.717) is 43.5 Å². The summed E-state index contributed by atoms with van der Waals surface area (Å²) in [5.74, 6) is 0.430. The summed E-state index contributed by atoms with van der Waals surface area (Å²) in [7, 11) is 2.12. The van der Waals surface area contributed by atoms with E-state index < -0.39 is 17.8 Å². The normalized spacial score (nSPS) is 24.8. The second-order valence-electron chi connectivity index (χ2n) is 12.2. The molecule has 0 N–H and O–H groups in total. The molecule has 42 heavy (non-hydrogen) atoms. The number of carbonyl (C=O) groups excluding carboxylic acids is 1. The third-order valence-electron chi connectivity index (χ3n) is 9.59. The average molecular weight is 567 g/mol. The highest BCUT2D eigenvalue weighted by molar-refractivity contribution is 5.94. The maximum Gasteiger partial charge on any atom is 0.319 e. The van der Waals surface area contributed by atoms with Crippen LogP contribution in [0.1, 0.15) is 36.3 Å². The highest BCUT2D eigenvalue weighted by Gasteiger charge is 2.46. The third-order valence-corrected chi connectivity index (χ3v) is 9.59. The number of carbonyl (C=O) groups is 1. The fourth-order valence-electron chi connectivity index (χ4n) is 7.25. The molecule has 3 fully saturated rings. The Balaban J connectivity index is 1.26. The molecule has 2 saturated heterocycles. The second kappa shape index (κ2) is 10.7. The lowest BCUT2D eigenvalue weighted by molar-refractivity contribution is -0.131. The minimum absolute atomic E-state index is 0.0708. The summed E-state index contributed by atoms with van der Waals surface area (Å²) in [4.78, 5) is 31.6. The molecule has 2 aliphatic carbocycles. The van der Waals surface area contributed by atoms with Crippen LogP contribution in [0.2, 0.25) is 0 Å². The number of likely N-dealkylation sites (tertiary alicyclic amines) is 1. The molecule has 216 valence electrons. The lowest BCUT2D eigenvalue weighted by Crippen LogP contribution is -2.56. The van der Waals surface area contributed by atoms with Crippen LogP contribution in [0, 0.1) is 12.5 Å². The van der Waals surface area contributed by atoms with Crippen LogP contribution >= 0.6 is 0 Å². The zero-order valence-corrected chi connectivity index (χ0v) is 23.9. The molecule has 4 aliphatic rings. The Kier molecular flexibility index (Phi) is 6.82. The number of hydrogen-bond acceptors (Lipinski definition) is 6. The smallest absolute Gasteiger partial charge is 0.319 e. The van der Waals surface area contributed by atoms with E-state index in [2.05, 4.69) is 64.7 Å². The van der Waals surface area contributed by atoms with Gasteiger partial charge in [-0.1, -0.05) is 30.8 Å². The predicted molar refractivity (Wildman–Crippen MR) is 160 cm³/mol. The monoisotopic (exact) mass is 566 g/mol. The van der Waals surface area contributed by atoms with E-state index in [-0.39, 0.29) is 13.1 Å². The van der Waals surface area contributed by atoms with Crippen molar-refractivity contribution in [2.24, 2.45) is 5.92 Å². The number of likely N-dealkylation sites (N-methyl/N-ethyl adjacent to an activating group) is 1. The van der Waals surface area contributed by atoms with Gasteiger partial charge in [0, 0.05) is 31.1 Å². The lowest BCUT2D eigenvalue weighted by atomic mass is 9.94. The summed E-state index contributed by atoms with van der Waals surface area (Å²) in [6.07, 6.45) is 4.69. The van der Waals surface area contributed by atoms with E-state index in [9.17, 15) is 9.18 Å². The first-order chi connectivity index (χ1) is 20.4. The van der Waals surface area contributed by atoms with Crippen LogP contribution in [-0.2, 0) is 11.2 Å². The zero-order valence-electron chi connectivity index (χ0n) is 23.9. The van der Waals surface area contributed by atoms with Crippen molar-refractivity contribution in [1.82, 2.24) is 19.8 Å². The van der Waals surface area contributed by atoms with Crippen molar-refractivity contribution in [3.8, 4) is 17.1 Å². The maximum absolute atomic E-state index is 13.8. The SMILES string of the molecule is [C-]#[N+]C[C@H]1CN(c2nc(OC[C@@H]3CCCN3C)nc3cc(-c4cccc5c4C4CC4C5)ccc23)CCN1C(=O)C(=C)F. The van der Waals surface area contributed by atoms with Gasteiger partial charge >= 0.3 is 6.01 Å². The first-order valence-corrected chi connectivity index (χ1v) is 14.9. The molecule has 4 atom stereocenters. The van der Waals surface area contributed by atoms with Crippen molar-refractivity contribution in [2.45, 2.75) is 43.7 Å². The van der Waals surface area contributed by atoms with Crippen molar-refractivity contribution >= 4 is 22.6 Å². The summed E-state index contributed by atoms with van der Waals surface area (Å²) in [5.41, 5.74) is 6.18. The van der Waals surface area contributed by atoms with E-state index in [0.717, 1.165) is 41.8 Å². The van der Waals surface area contributed by atoms with E-state index in [1.807, 2.05) is 0 Å². The Morgan fingerprint density at radius 3 is 2.86 bits per heavy atom. The van der Waals surface area contributed by atoms with Gasteiger partial charge in [-0.15, -0.1) is 0 Å². The van der Waals surface area contributed by atoms with Gasteiger partial charge in [0.05, 0.1) is 5.52 Å². The molecule has 2 aromatic carbocycles. The number of hydrogen-bond donors (Lipinski definition) is 0. The van der Waals surface area contributed by atoms with Crippen molar-refractivity contribution in [3.63, 3.8) is 0 Å². The number of ether oxygens (including phenoxy) is 1. The second-order valence-corrected chi connectivity index (χ2v) is 12.2. The quantitative estimate of drug-likeness (QED) is 0.301. The molecular weight excluding hydrogens is 531 g/mol. The van der Waals surface area contributed by atoms with E-state index in [4.69, 9.17) is 21.3 Å². The maximum atomic E-state index is 13.8. The van der Waals surface area contributed by atoms with E-state index >= 15 is 0 Å². The molecule has 3 aromatic rings. The number of nitrogens with zero attached hydrogens (tertiary/aromatic N) is 6. The number of piperazine rings is 1. The van der Waals surface area contributed by atoms with Crippen LogP contribution in [0.3, 0.4) is 0 Å². The fourth-order valence-corrected chi connectivity index (χ4v) is 7.25. The summed E-state index contributed by atoms with van der Waals surface area (Å²) < 4.78 is 20.0. The van der Waals surface area contributed by atoms with Crippen molar-refractivity contribution < 1.29 is 13.9 Å². The van der Waals surface area contributed by atoms with E-state index in [1.165, 1.54) is 34.4 Å². The molecule has 1 saturated carbocycles. The fraction of sp³-hybridized carbons (Fsp3) is 0.455. The first kappa shape index (κ1) is 26.8. The highest BCUT2D eigenvalue weighted by atomic mass is 19.1. The number of rotatable bonds is 7. The Bertz CT molecular complexity index is 1620. The zero-order chi connectivity index (χ0) is 29.0. The van der Waals surface area contributed by atoms with Gasteiger partial charge in [-0.2, -0.15) is 9.97 Å². The summed E-state index contributed by atoms with van der Waals surface area (Å²) in [5, 5.41) is 0.886. The number of halogens is 1. The number of aromatic nitrogens is 2. The molecule has 3 heterocycles. The van der Waals surface area contributed by atoms with Gasteiger partial charge in [0.1, 0.15) is 18.5 Å². The molecule has 2 aliphatic heterocycles. The molecule has 1 amide bonds. The van der Waals surface area contributed by atoms with E-state index in [1.54, 1.807) is 0 Å². The highest BCUT2D eigenvalue weighted by Crippen LogP contribution is 2.58. The lowest BCUT2D eigenvalue weighted by Gasteiger charge is -2.39. The number of anilines is 1. The Hall–Kier alpha value is -4.03. The molecule has 7 rings (SSSR count). The predicted octanol–water partition coefficient (Wildman–Crippen LogP) is 4.85. The molecule has 0 spiro atoms. The summed E-state index contributed by atoms with van der Waals surface area (Å²) in [6.45, 7) is 13.3. The van der Waals surface area contributed by atoms with Gasteiger partial charge in [0.15, 0.2) is 5.83 Å². The minimum Gasteiger partial charge on any atom is -0.462 e. The largest absolute Gasteiger partial charge is 0.462 e. The van der Waals surface area contributed by atoms with Crippen molar-refractivity contribution in [1.29, 1.82) is 0 Å². The van der Waals surface area contributed by atoms with Crippen LogP contribution in [-0.4, -0.2) is 84.1 Å².